The van der Waals surface area contributed by atoms with Crippen LogP contribution in [0.3, 0.4) is 0 Å². The molecule has 0 aliphatic carbocycles. The first-order valence-electron chi connectivity index (χ1n) is 8.59. The zero-order valence-corrected chi connectivity index (χ0v) is 15.5. The number of rotatable bonds is 7. The van der Waals surface area contributed by atoms with Crippen LogP contribution in [0.5, 0.6) is 5.75 Å². The van der Waals surface area contributed by atoms with E-state index in [4.69, 9.17) is 9.47 Å². The van der Waals surface area contributed by atoms with Crippen molar-refractivity contribution in [1.29, 1.82) is 0 Å². The normalized spacial score (nSPS) is 10.4. The van der Waals surface area contributed by atoms with Gasteiger partial charge in [0.15, 0.2) is 5.82 Å². The topological polar surface area (TPSA) is 108 Å². The van der Waals surface area contributed by atoms with Gasteiger partial charge in [-0.3, -0.25) is 4.79 Å². The number of carbonyl (C=O) groups is 2. The molecule has 0 fully saturated rings. The number of para-hydroxylation sites is 1. The Hall–Kier alpha value is -3.75. The molecule has 0 unspecified atom stereocenters. The van der Waals surface area contributed by atoms with Crippen LogP contribution in [0.15, 0.2) is 48.5 Å². The van der Waals surface area contributed by atoms with E-state index < -0.39 is 5.97 Å². The second-order valence-electron chi connectivity index (χ2n) is 5.72. The van der Waals surface area contributed by atoms with Crippen LogP contribution in [0.1, 0.15) is 33.5 Å². The number of benzene rings is 2. The molecule has 0 radical (unpaired) electrons. The molecule has 1 heterocycles. The van der Waals surface area contributed by atoms with Gasteiger partial charge in [-0.2, -0.15) is 0 Å². The number of ether oxygens (including phenoxy) is 2. The third kappa shape index (κ3) is 4.32. The zero-order valence-electron chi connectivity index (χ0n) is 15.5. The first kappa shape index (κ1) is 19.0. The number of hydrogen-bond acceptors (Lipinski definition) is 7. The summed E-state index contributed by atoms with van der Waals surface area (Å²) < 4.78 is 12.1. The number of nitrogens with one attached hydrogen (secondary N) is 1. The molecule has 144 valence electrons. The van der Waals surface area contributed by atoms with Crippen LogP contribution >= 0.6 is 0 Å². The van der Waals surface area contributed by atoms with E-state index in [1.165, 1.54) is 7.11 Å². The largest absolute Gasteiger partial charge is 0.486 e. The van der Waals surface area contributed by atoms with Gasteiger partial charge < -0.3 is 14.8 Å². The van der Waals surface area contributed by atoms with E-state index in [0.717, 1.165) is 0 Å². The van der Waals surface area contributed by atoms with Crippen molar-refractivity contribution in [2.75, 3.05) is 12.4 Å². The van der Waals surface area contributed by atoms with Crippen LogP contribution in [0.25, 0.3) is 0 Å². The first-order valence-corrected chi connectivity index (χ1v) is 8.59. The number of esters is 1. The van der Waals surface area contributed by atoms with E-state index in [-0.39, 0.29) is 18.1 Å². The molecule has 0 aliphatic rings. The third-order valence-electron chi connectivity index (χ3n) is 3.95. The molecule has 3 aromatic rings. The summed E-state index contributed by atoms with van der Waals surface area (Å²) in [5.74, 6) is 0.186. The fourth-order valence-electron chi connectivity index (χ4n) is 2.52. The maximum atomic E-state index is 12.6. The van der Waals surface area contributed by atoms with Gasteiger partial charge in [-0.15, -0.1) is 5.10 Å². The fourth-order valence-corrected chi connectivity index (χ4v) is 2.52. The Kier molecular flexibility index (Phi) is 5.95. The summed E-state index contributed by atoms with van der Waals surface area (Å²) >= 11 is 0. The van der Waals surface area contributed by atoms with E-state index in [9.17, 15) is 9.59 Å². The molecule has 1 aromatic heterocycles. The van der Waals surface area contributed by atoms with Gasteiger partial charge in [0.1, 0.15) is 12.4 Å². The monoisotopic (exact) mass is 381 g/mol. The van der Waals surface area contributed by atoms with Crippen molar-refractivity contribution >= 4 is 17.6 Å². The number of amides is 1. The molecule has 28 heavy (non-hydrogen) atoms. The van der Waals surface area contributed by atoms with Crippen molar-refractivity contribution < 1.29 is 19.1 Å². The molecule has 1 amide bonds. The van der Waals surface area contributed by atoms with Crippen LogP contribution < -0.4 is 10.1 Å². The number of nitrogens with zero attached hydrogens (tertiary/aromatic N) is 4. The van der Waals surface area contributed by atoms with Gasteiger partial charge in [0.05, 0.1) is 18.4 Å². The predicted octanol–water partition coefficient (Wildman–Crippen LogP) is 2.31. The van der Waals surface area contributed by atoms with Crippen molar-refractivity contribution in [3.63, 3.8) is 0 Å². The highest BCUT2D eigenvalue weighted by Gasteiger charge is 2.15. The molecular formula is C19H19N5O4. The Balaban J connectivity index is 1.72. The Bertz CT molecular complexity index is 986. The molecule has 1 N–H and O–H groups in total. The highest BCUT2D eigenvalue weighted by molar-refractivity contribution is 6.08. The van der Waals surface area contributed by atoms with E-state index in [1.807, 2.05) is 6.92 Å². The minimum Gasteiger partial charge on any atom is -0.486 e. The van der Waals surface area contributed by atoms with Crippen molar-refractivity contribution in [3.8, 4) is 5.75 Å². The van der Waals surface area contributed by atoms with Crippen molar-refractivity contribution in [3.05, 3.63) is 65.5 Å². The summed E-state index contributed by atoms with van der Waals surface area (Å²) in [4.78, 5) is 24.5. The molecule has 0 spiro atoms. The minimum atomic E-state index is -0.526. The smallest absolute Gasteiger partial charge is 0.339 e. The summed E-state index contributed by atoms with van der Waals surface area (Å²) in [5, 5.41) is 14.1. The Morgan fingerprint density at radius 3 is 2.75 bits per heavy atom. The molecule has 9 heteroatoms. The summed E-state index contributed by atoms with van der Waals surface area (Å²) in [6, 6.07) is 13.3. The van der Waals surface area contributed by atoms with Gasteiger partial charge in [-0.1, -0.05) is 18.2 Å². The molecule has 3 rings (SSSR count). The summed E-state index contributed by atoms with van der Waals surface area (Å²) in [5.41, 5.74) is 1.03. The summed E-state index contributed by atoms with van der Waals surface area (Å²) in [6.07, 6.45) is 0. The lowest BCUT2D eigenvalue weighted by molar-refractivity contribution is 0.0602. The lowest BCUT2D eigenvalue weighted by Crippen LogP contribution is -2.15. The van der Waals surface area contributed by atoms with Crippen LogP contribution in [-0.4, -0.2) is 39.2 Å². The lowest BCUT2D eigenvalue weighted by Gasteiger charge is -2.11. The van der Waals surface area contributed by atoms with E-state index in [0.29, 0.717) is 29.4 Å². The zero-order chi connectivity index (χ0) is 19.9. The summed E-state index contributed by atoms with van der Waals surface area (Å²) in [6.45, 7) is 2.74. The molecule has 2 aromatic carbocycles. The molecule has 0 bridgehead atoms. The number of hydrogen-bond donors (Lipinski definition) is 1. The van der Waals surface area contributed by atoms with Gasteiger partial charge in [0.2, 0.25) is 0 Å². The number of aromatic nitrogens is 4. The quantitative estimate of drug-likeness (QED) is 0.626. The predicted molar refractivity (Wildman–Crippen MR) is 100.0 cm³/mol. The Labute approximate surface area is 161 Å². The molecular weight excluding hydrogens is 362 g/mol. The summed E-state index contributed by atoms with van der Waals surface area (Å²) in [7, 11) is 1.29. The first-order chi connectivity index (χ1) is 13.6. The maximum absolute atomic E-state index is 12.6. The van der Waals surface area contributed by atoms with Gasteiger partial charge in [-0.25, -0.2) is 9.48 Å². The van der Waals surface area contributed by atoms with Crippen molar-refractivity contribution in [2.45, 2.75) is 20.1 Å². The minimum absolute atomic E-state index is 0.178. The van der Waals surface area contributed by atoms with Crippen LogP contribution in [0, 0.1) is 0 Å². The second kappa shape index (κ2) is 8.76. The fraction of sp³-hybridized carbons (Fsp3) is 0.211. The molecule has 0 saturated carbocycles. The Morgan fingerprint density at radius 2 is 1.96 bits per heavy atom. The second-order valence-corrected chi connectivity index (χ2v) is 5.72. The van der Waals surface area contributed by atoms with Crippen molar-refractivity contribution in [2.24, 2.45) is 0 Å². The van der Waals surface area contributed by atoms with E-state index >= 15 is 0 Å². The standard InChI is InChI=1S/C19H19N5O4/c1-3-24-17(21-22-23-24)12-28-14-8-6-7-13(11-14)18(25)20-16-10-5-4-9-15(16)19(26)27-2/h4-11H,3,12H2,1-2H3,(H,20,25). The van der Waals surface area contributed by atoms with Gasteiger partial charge in [0.25, 0.3) is 5.91 Å². The molecule has 0 atom stereocenters. The average Bonchev–Trinajstić information content (AvgIpc) is 3.20. The molecule has 0 aliphatic heterocycles. The SMILES string of the molecule is CCn1nnnc1COc1cccc(C(=O)Nc2ccccc2C(=O)OC)c1. The Morgan fingerprint density at radius 1 is 1.14 bits per heavy atom. The highest BCUT2D eigenvalue weighted by Crippen LogP contribution is 2.19. The lowest BCUT2D eigenvalue weighted by atomic mass is 10.1. The molecule has 9 nitrogen and oxygen atoms in total. The number of tetrazole rings is 1. The van der Waals surface area contributed by atoms with Crippen LogP contribution in [-0.2, 0) is 17.9 Å². The van der Waals surface area contributed by atoms with E-state index in [2.05, 4.69) is 20.8 Å². The highest BCUT2D eigenvalue weighted by atomic mass is 16.5. The van der Waals surface area contributed by atoms with Gasteiger partial charge >= 0.3 is 5.97 Å². The third-order valence-corrected chi connectivity index (χ3v) is 3.95. The van der Waals surface area contributed by atoms with Gasteiger partial charge in [-0.05, 0) is 47.7 Å². The van der Waals surface area contributed by atoms with E-state index in [1.54, 1.807) is 53.2 Å². The van der Waals surface area contributed by atoms with Crippen LogP contribution in [0.4, 0.5) is 5.69 Å². The number of anilines is 1. The van der Waals surface area contributed by atoms with Crippen molar-refractivity contribution in [1.82, 2.24) is 20.2 Å². The number of aryl methyl sites for hydroxylation is 1. The van der Waals surface area contributed by atoms with Gasteiger partial charge in [0, 0.05) is 12.1 Å². The number of carbonyl (C=O) groups excluding carboxylic acids is 2. The number of methoxy groups -OCH3 is 1. The molecule has 0 saturated heterocycles. The average molecular weight is 381 g/mol. The maximum Gasteiger partial charge on any atom is 0.339 e. The van der Waals surface area contributed by atoms with Crippen LogP contribution in [0.2, 0.25) is 0 Å².